The van der Waals surface area contributed by atoms with Crippen molar-refractivity contribution in [2.75, 3.05) is 30.3 Å². The highest BCUT2D eigenvalue weighted by atomic mass is 32.2. The van der Waals surface area contributed by atoms with Gasteiger partial charge in [-0.25, -0.2) is 17.2 Å². The molecule has 1 aliphatic rings. The summed E-state index contributed by atoms with van der Waals surface area (Å²) in [4.78, 5) is 40.1. The largest absolute Gasteiger partial charge is 0.455 e. The average Bonchev–Trinajstić information content (AvgIpc) is 3.64. The van der Waals surface area contributed by atoms with Crippen LogP contribution < -0.4 is 10.0 Å². The number of sulfonamides is 1. The normalized spacial score (nSPS) is 15.1. The van der Waals surface area contributed by atoms with E-state index in [1.54, 1.807) is 37.3 Å². The summed E-state index contributed by atoms with van der Waals surface area (Å²) in [7, 11) is -4.00. The molecule has 0 radical (unpaired) electrons. The van der Waals surface area contributed by atoms with Crippen LogP contribution in [-0.2, 0) is 14.8 Å². The fraction of sp³-hybridized carbons (Fsp3) is 0.281. The number of furan rings is 1. The Morgan fingerprint density at radius 2 is 1.80 bits per heavy atom. The minimum atomic E-state index is -4.00. The van der Waals surface area contributed by atoms with Crippen LogP contribution in [-0.4, -0.2) is 63.0 Å². The number of benzene rings is 3. The van der Waals surface area contributed by atoms with Crippen molar-refractivity contribution in [3.63, 3.8) is 0 Å². The summed E-state index contributed by atoms with van der Waals surface area (Å²) in [5, 5.41) is 0.369. The molecule has 2 heterocycles. The summed E-state index contributed by atoms with van der Waals surface area (Å²) < 4.78 is 60.3. The van der Waals surface area contributed by atoms with E-state index in [-0.39, 0.29) is 40.4 Å². The van der Waals surface area contributed by atoms with Crippen LogP contribution in [0.2, 0.25) is 0 Å². The smallest absolute Gasteiger partial charge is 0.254 e. The van der Waals surface area contributed by atoms with Gasteiger partial charge < -0.3 is 15.1 Å². The number of carbonyl (C=O) groups excluding carboxylic acids is 3. The zero-order valence-corrected chi connectivity index (χ0v) is 25.0. The maximum absolute atomic E-state index is 13.7. The van der Waals surface area contributed by atoms with Gasteiger partial charge in [-0.3, -0.25) is 18.7 Å². The number of fused-ring (bicyclic) bond motifs is 1. The molecule has 0 spiro atoms. The third kappa shape index (κ3) is 5.81. The lowest BCUT2D eigenvalue weighted by Gasteiger charge is -2.25. The highest BCUT2D eigenvalue weighted by Crippen LogP contribution is 2.42. The van der Waals surface area contributed by atoms with Gasteiger partial charge in [-0.1, -0.05) is 19.1 Å². The highest BCUT2D eigenvalue weighted by molar-refractivity contribution is 7.92. The van der Waals surface area contributed by atoms with E-state index in [1.165, 1.54) is 35.2 Å². The Morgan fingerprint density at radius 3 is 2.43 bits per heavy atom. The summed E-state index contributed by atoms with van der Waals surface area (Å²) in [6.07, 6.45) is 2.15. The van der Waals surface area contributed by atoms with Crippen LogP contribution in [0.25, 0.3) is 33.4 Å². The van der Waals surface area contributed by atoms with E-state index in [1.807, 2.05) is 0 Å². The second-order valence-electron chi connectivity index (χ2n) is 10.6. The van der Waals surface area contributed by atoms with Crippen LogP contribution in [0, 0.1) is 5.82 Å². The molecule has 1 saturated heterocycles. The maximum Gasteiger partial charge on any atom is 0.254 e. The molecular weight excluding hydrogens is 592 g/mol. The molecule has 3 aromatic carbocycles. The van der Waals surface area contributed by atoms with Crippen molar-refractivity contribution in [3.05, 3.63) is 77.6 Å². The summed E-state index contributed by atoms with van der Waals surface area (Å²) >= 11 is 0. The minimum Gasteiger partial charge on any atom is -0.455 e. The van der Waals surface area contributed by atoms with Gasteiger partial charge in [0.2, 0.25) is 15.9 Å². The number of Topliss-reactive ketones (excluding diaryl/α,β-unsaturated/α-hetero) is 1. The van der Waals surface area contributed by atoms with Crippen LogP contribution >= 0.6 is 0 Å². The van der Waals surface area contributed by atoms with E-state index in [0.29, 0.717) is 41.5 Å². The molecule has 0 saturated carbocycles. The first-order valence-corrected chi connectivity index (χ1v) is 15.9. The van der Waals surface area contributed by atoms with Crippen LogP contribution in [0.5, 0.6) is 0 Å². The molecule has 1 aromatic heterocycles. The van der Waals surface area contributed by atoms with Gasteiger partial charge in [-0.05, 0) is 60.9 Å². The topological polar surface area (TPSA) is 131 Å². The van der Waals surface area contributed by atoms with Gasteiger partial charge in [-0.15, -0.1) is 0 Å². The Labute approximate surface area is 253 Å². The number of carbonyl (C=O) groups is 3. The summed E-state index contributed by atoms with van der Waals surface area (Å²) in [6.45, 7) is 0.571. The molecule has 44 heavy (non-hydrogen) atoms. The number of rotatable bonds is 10. The molecule has 0 aliphatic carbocycles. The molecule has 5 rings (SSSR count). The zero-order valence-electron chi connectivity index (χ0n) is 24.2. The van der Waals surface area contributed by atoms with Crippen molar-refractivity contribution in [1.82, 2.24) is 4.90 Å². The Balaban J connectivity index is 1.76. The molecule has 0 unspecified atom stereocenters. The SMILES string of the molecule is CCC(=O)c1c(-c2ccc(F)cc2)oc2cc(N(CCF)S(C)(=O)=O)c(-c3cccc(C(=O)N4CCC[C@@H]4C(N)=O)c3)cc12. The van der Waals surface area contributed by atoms with Gasteiger partial charge >= 0.3 is 0 Å². The maximum atomic E-state index is 13.7. The summed E-state index contributed by atoms with van der Waals surface area (Å²) in [5.41, 5.74) is 7.38. The first-order chi connectivity index (χ1) is 20.9. The van der Waals surface area contributed by atoms with Gasteiger partial charge in [0.05, 0.1) is 24.1 Å². The number of anilines is 1. The monoisotopic (exact) mass is 623 g/mol. The number of alkyl halides is 1. The highest BCUT2D eigenvalue weighted by Gasteiger charge is 2.33. The predicted octanol–water partition coefficient (Wildman–Crippen LogP) is 5.32. The van der Waals surface area contributed by atoms with Crippen LogP contribution in [0.1, 0.15) is 46.9 Å². The molecule has 230 valence electrons. The minimum absolute atomic E-state index is 0.0772. The van der Waals surface area contributed by atoms with Crippen molar-refractivity contribution >= 4 is 44.3 Å². The molecule has 1 fully saturated rings. The molecule has 2 N–H and O–H groups in total. The van der Waals surface area contributed by atoms with Crippen molar-refractivity contribution in [3.8, 4) is 22.5 Å². The van der Waals surface area contributed by atoms with Crippen molar-refractivity contribution < 1.29 is 36.0 Å². The fourth-order valence-electron chi connectivity index (χ4n) is 5.66. The third-order valence-corrected chi connectivity index (χ3v) is 8.91. The third-order valence-electron chi connectivity index (χ3n) is 7.73. The lowest BCUT2D eigenvalue weighted by atomic mass is 9.95. The van der Waals surface area contributed by atoms with Crippen LogP contribution in [0.4, 0.5) is 14.5 Å². The number of nitrogens with two attached hydrogens (primary N) is 1. The standard InChI is InChI=1S/C32H31F2N3O6S/c1-3-27(38)29-24-17-23(20-6-4-7-21(16-20)32(40)36-14-5-8-25(36)31(35)39)26(37(15-13-33)44(2,41)42)18-28(24)43-30(29)19-9-11-22(34)12-10-19/h4,6-7,9-12,16-18,25H,3,5,8,13-15H2,1-2H3,(H2,35,39)/t25-/m1/s1. The Morgan fingerprint density at radius 1 is 1.07 bits per heavy atom. The Hall–Kier alpha value is -4.58. The summed E-state index contributed by atoms with van der Waals surface area (Å²) in [5.74, 6) is -1.57. The Kier molecular flexibility index (Phi) is 8.55. The number of halogens is 2. The van der Waals surface area contributed by atoms with Crippen molar-refractivity contribution in [2.24, 2.45) is 5.73 Å². The molecule has 4 aromatic rings. The number of ketones is 1. The molecule has 2 amide bonds. The summed E-state index contributed by atoms with van der Waals surface area (Å²) in [6, 6.07) is 14.1. The van der Waals surface area contributed by atoms with Gasteiger partial charge in [0.25, 0.3) is 5.91 Å². The van der Waals surface area contributed by atoms with Crippen LogP contribution in [0.15, 0.2) is 65.1 Å². The fourth-order valence-corrected chi connectivity index (χ4v) is 6.57. The predicted molar refractivity (Wildman–Crippen MR) is 163 cm³/mol. The lowest BCUT2D eigenvalue weighted by molar-refractivity contribution is -0.121. The van der Waals surface area contributed by atoms with E-state index in [4.69, 9.17) is 10.2 Å². The number of amides is 2. The van der Waals surface area contributed by atoms with E-state index in [0.717, 1.165) is 10.6 Å². The average molecular weight is 624 g/mol. The zero-order chi connectivity index (χ0) is 31.8. The van der Waals surface area contributed by atoms with Gasteiger partial charge in [0.15, 0.2) is 5.78 Å². The molecule has 1 aliphatic heterocycles. The number of nitrogens with zero attached hydrogens (tertiary/aromatic N) is 2. The molecule has 12 heteroatoms. The Bertz CT molecular complexity index is 1870. The van der Waals surface area contributed by atoms with Crippen LogP contribution in [0.3, 0.4) is 0 Å². The number of primary amides is 1. The second kappa shape index (κ2) is 12.2. The van der Waals surface area contributed by atoms with E-state index in [2.05, 4.69) is 0 Å². The number of hydrogen-bond acceptors (Lipinski definition) is 6. The first kappa shape index (κ1) is 30.9. The number of likely N-dealkylation sites (tertiary alicyclic amines) is 1. The van der Waals surface area contributed by atoms with Gasteiger partial charge in [0, 0.05) is 41.1 Å². The van der Waals surface area contributed by atoms with Gasteiger partial charge in [0.1, 0.15) is 29.9 Å². The molecule has 0 bridgehead atoms. The van der Waals surface area contributed by atoms with Gasteiger partial charge in [-0.2, -0.15) is 0 Å². The van der Waals surface area contributed by atoms with Crippen molar-refractivity contribution in [2.45, 2.75) is 32.2 Å². The van der Waals surface area contributed by atoms with E-state index in [9.17, 15) is 31.6 Å². The lowest BCUT2D eigenvalue weighted by Crippen LogP contribution is -2.43. The molecule has 9 nitrogen and oxygen atoms in total. The number of hydrogen-bond donors (Lipinski definition) is 1. The molecule has 1 atom stereocenters. The first-order valence-electron chi connectivity index (χ1n) is 14.1. The quantitative estimate of drug-likeness (QED) is 0.238. The van der Waals surface area contributed by atoms with Crippen molar-refractivity contribution in [1.29, 1.82) is 0 Å². The molecular formula is C32H31F2N3O6S. The van der Waals surface area contributed by atoms with E-state index >= 15 is 0 Å². The second-order valence-corrected chi connectivity index (χ2v) is 12.5. The van der Waals surface area contributed by atoms with E-state index < -0.39 is 46.9 Å².